The van der Waals surface area contributed by atoms with Gasteiger partial charge in [0.2, 0.25) is 10.0 Å². The van der Waals surface area contributed by atoms with Crippen molar-refractivity contribution in [2.45, 2.75) is 56.9 Å². The van der Waals surface area contributed by atoms with Crippen LogP contribution in [0.3, 0.4) is 0 Å². The van der Waals surface area contributed by atoms with Crippen molar-refractivity contribution in [1.29, 1.82) is 0 Å². The van der Waals surface area contributed by atoms with E-state index in [4.69, 9.17) is 16.3 Å². The molecule has 1 amide bonds. The fourth-order valence-corrected chi connectivity index (χ4v) is 5.30. The smallest absolute Gasteiger partial charge is 0.328 e. The molecular formula is C20H29ClN2O5S. The van der Waals surface area contributed by atoms with E-state index in [1.54, 1.807) is 0 Å². The van der Waals surface area contributed by atoms with Gasteiger partial charge in [0.05, 0.1) is 12.1 Å². The number of hydrogen-bond donors (Lipinski definition) is 1. The molecule has 0 radical (unpaired) electrons. The van der Waals surface area contributed by atoms with E-state index in [9.17, 15) is 18.0 Å². The van der Waals surface area contributed by atoms with Crippen LogP contribution in [0.1, 0.15) is 56.3 Å². The van der Waals surface area contributed by atoms with Crippen molar-refractivity contribution in [3.63, 3.8) is 0 Å². The van der Waals surface area contributed by atoms with Crippen LogP contribution in [-0.4, -0.2) is 50.8 Å². The van der Waals surface area contributed by atoms with Crippen molar-refractivity contribution >= 4 is 33.5 Å². The molecule has 0 bridgehead atoms. The Kier molecular flexibility index (Phi) is 8.48. The standard InChI is InChI=1S/C20H29ClN2O5S/c1-4-14(2)18(20(25)28-3)22-19(24)15-9-10-16(21)17(13-15)29(26,27)23-11-7-5-6-8-12-23/h9-10,13-14,18H,4-8,11-12H2,1-3H3,(H,22,24)/t14-,18-/m0/s1. The van der Waals surface area contributed by atoms with E-state index in [0.717, 1.165) is 25.7 Å². The maximum absolute atomic E-state index is 13.1. The predicted octanol–water partition coefficient (Wildman–Crippen LogP) is 3.22. The molecule has 1 fully saturated rings. The lowest BCUT2D eigenvalue weighted by Crippen LogP contribution is -2.45. The number of nitrogens with zero attached hydrogens (tertiary/aromatic N) is 1. The number of nitrogens with one attached hydrogen (secondary N) is 1. The van der Waals surface area contributed by atoms with Gasteiger partial charge in [0, 0.05) is 18.7 Å². The number of amides is 1. The summed E-state index contributed by atoms with van der Waals surface area (Å²) >= 11 is 6.19. The lowest BCUT2D eigenvalue weighted by Gasteiger charge is -2.23. The van der Waals surface area contributed by atoms with Gasteiger partial charge in [-0.15, -0.1) is 0 Å². The molecule has 1 aliphatic rings. The number of ether oxygens (including phenoxy) is 1. The molecule has 0 aliphatic carbocycles. The summed E-state index contributed by atoms with van der Waals surface area (Å²) in [5.41, 5.74) is 0.125. The number of carbonyl (C=O) groups excluding carboxylic acids is 2. The molecule has 29 heavy (non-hydrogen) atoms. The van der Waals surface area contributed by atoms with Crippen molar-refractivity contribution < 1.29 is 22.7 Å². The molecular weight excluding hydrogens is 416 g/mol. The lowest BCUT2D eigenvalue weighted by molar-refractivity contribution is -0.144. The van der Waals surface area contributed by atoms with Crippen LogP contribution in [0.5, 0.6) is 0 Å². The van der Waals surface area contributed by atoms with E-state index in [1.165, 1.54) is 29.6 Å². The van der Waals surface area contributed by atoms with Gasteiger partial charge in [-0.25, -0.2) is 13.2 Å². The van der Waals surface area contributed by atoms with E-state index >= 15 is 0 Å². The van der Waals surface area contributed by atoms with Crippen LogP contribution in [0.4, 0.5) is 0 Å². The van der Waals surface area contributed by atoms with Crippen molar-refractivity contribution in [1.82, 2.24) is 9.62 Å². The Bertz CT molecular complexity index is 835. The zero-order chi connectivity index (χ0) is 21.6. The van der Waals surface area contributed by atoms with Gasteiger partial charge in [0.25, 0.3) is 5.91 Å². The van der Waals surface area contributed by atoms with Crippen LogP contribution in [0, 0.1) is 5.92 Å². The van der Waals surface area contributed by atoms with Gasteiger partial charge in [-0.1, -0.05) is 44.7 Å². The normalized spacial score (nSPS) is 17.8. The van der Waals surface area contributed by atoms with E-state index in [2.05, 4.69) is 5.32 Å². The molecule has 1 aliphatic heterocycles. The molecule has 162 valence electrons. The Hall–Kier alpha value is -1.64. The zero-order valence-corrected chi connectivity index (χ0v) is 18.7. The molecule has 7 nitrogen and oxygen atoms in total. The maximum Gasteiger partial charge on any atom is 0.328 e. The molecule has 1 saturated heterocycles. The third kappa shape index (κ3) is 5.71. The first-order valence-electron chi connectivity index (χ1n) is 9.90. The predicted molar refractivity (Wildman–Crippen MR) is 111 cm³/mol. The molecule has 1 aromatic rings. The van der Waals surface area contributed by atoms with Crippen molar-refractivity contribution in [2.75, 3.05) is 20.2 Å². The van der Waals surface area contributed by atoms with Crippen molar-refractivity contribution in [3.8, 4) is 0 Å². The average Bonchev–Trinajstić information content (AvgIpc) is 3.01. The molecule has 0 unspecified atom stereocenters. The van der Waals surface area contributed by atoms with E-state index < -0.39 is 27.9 Å². The summed E-state index contributed by atoms with van der Waals surface area (Å²) < 4.78 is 32.4. The maximum atomic E-state index is 13.1. The molecule has 9 heteroatoms. The zero-order valence-electron chi connectivity index (χ0n) is 17.1. The molecule has 1 aromatic carbocycles. The monoisotopic (exact) mass is 444 g/mol. The fourth-order valence-electron chi connectivity index (χ4n) is 3.28. The molecule has 0 aromatic heterocycles. The average molecular weight is 445 g/mol. The summed E-state index contributed by atoms with van der Waals surface area (Å²) in [6.07, 6.45) is 4.24. The van der Waals surface area contributed by atoms with Crippen LogP contribution in [0.2, 0.25) is 5.02 Å². The van der Waals surface area contributed by atoms with E-state index in [0.29, 0.717) is 19.5 Å². The highest BCUT2D eigenvalue weighted by Gasteiger charge is 2.30. The highest BCUT2D eigenvalue weighted by atomic mass is 35.5. The number of carbonyl (C=O) groups is 2. The summed E-state index contributed by atoms with van der Waals surface area (Å²) in [5, 5.41) is 2.72. The van der Waals surface area contributed by atoms with Crippen LogP contribution in [0.15, 0.2) is 23.1 Å². The molecule has 1 N–H and O–H groups in total. The number of esters is 1. The lowest BCUT2D eigenvalue weighted by atomic mass is 9.99. The number of hydrogen-bond acceptors (Lipinski definition) is 5. The van der Waals surface area contributed by atoms with Crippen LogP contribution >= 0.6 is 11.6 Å². The second-order valence-electron chi connectivity index (χ2n) is 7.32. The minimum atomic E-state index is -3.81. The summed E-state index contributed by atoms with van der Waals surface area (Å²) in [6, 6.07) is 3.31. The highest BCUT2D eigenvalue weighted by molar-refractivity contribution is 7.89. The van der Waals surface area contributed by atoms with Gasteiger partial charge in [-0.3, -0.25) is 4.79 Å². The van der Waals surface area contributed by atoms with Crippen molar-refractivity contribution in [2.24, 2.45) is 5.92 Å². The fraction of sp³-hybridized carbons (Fsp3) is 0.600. The Balaban J connectivity index is 2.31. The van der Waals surface area contributed by atoms with Gasteiger partial charge in [-0.2, -0.15) is 4.31 Å². The minimum absolute atomic E-state index is 0.0669. The van der Waals surface area contributed by atoms with Crippen LogP contribution in [-0.2, 0) is 19.6 Å². The Morgan fingerprint density at radius 3 is 2.38 bits per heavy atom. The molecule has 2 rings (SSSR count). The number of methoxy groups -OCH3 is 1. The number of sulfonamides is 1. The summed E-state index contributed by atoms with van der Waals surface area (Å²) in [5.74, 6) is -1.23. The minimum Gasteiger partial charge on any atom is -0.467 e. The molecule has 2 atom stereocenters. The van der Waals surface area contributed by atoms with Gasteiger partial charge < -0.3 is 10.1 Å². The topological polar surface area (TPSA) is 92.8 Å². The van der Waals surface area contributed by atoms with Gasteiger partial charge in [0.15, 0.2) is 0 Å². The summed E-state index contributed by atoms with van der Waals surface area (Å²) in [4.78, 5) is 24.7. The highest BCUT2D eigenvalue weighted by Crippen LogP contribution is 2.28. The van der Waals surface area contributed by atoms with Crippen LogP contribution < -0.4 is 5.32 Å². The Morgan fingerprint density at radius 2 is 1.83 bits per heavy atom. The first-order chi connectivity index (χ1) is 13.7. The Labute approximate surface area is 177 Å². The molecule has 0 saturated carbocycles. The summed E-state index contributed by atoms with van der Waals surface area (Å²) in [6.45, 7) is 4.61. The third-order valence-corrected chi connectivity index (χ3v) is 7.71. The number of rotatable bonds is 7. The van der Waals surface area contributed by atoms with Crippen LogP contribution in [0.25, 0.3) is 0 Å². The molecule has 0 spiro atoms. The second kappa shape index (κ2) is 10.4. The van der Waals surface area contributed by atoms with Gasteiger partial charge in [0.1, 0.15) is 10.9 Å². The Morgan fingerprint density at radius 1 is 1.21 bits per heavy atom. The first kappa shape index (κ1) is 23.6. The molecule has 1 heterocycles. The second-order valence-corrected chi connectivity index (χ2v) is 9.64. The van der Waals surface area contributed by atoms with E-state index in [-0.39, 0.29) is 21.4 Å². The van der Waals surface area contributed by atoms with E-state index in [1.807, 2.05) is 13.8 Å². The van der Waals surface area contributed by atoms with Crippen molar-refractivity contribution in [3.05, 3.63) is 28.8 Å². The number of halogens is 1. The number of benzene rings is 1. The van der Waals surface area contributed by atoms with Gasteiger partial charge >= 0.3 is 5.97 Å². The third-order valence-electron chi connectivity index (χ3n) is 5.33. The summed E-state index contributed by atoms with van der Waals surface area (Å²) in [7, 11) is -2.55. The van der Waals surface area contributed by atoms with Gasteiger partial charge in [-0.05, 0) is 37.0 Å². The SMILES string of the molecule is CC[C@H](C)[C@H](NC(=O)c1ccc(Cl)c(S(=O)(=O)N2CCCCCC2)c1)C(=O)OC. The largest absolute Gasteiger partial charge is 0.467 e. The first-order valence-corrected chi connectivity index (χ1v) is 11.7. The quantitative estimate of drug-likeness (QED) is 0.652.